The SMILES string of the molecule is CC(O)(C#CCOc1ccc(N2CCN(C3CCC(=O)N(C(=O)OC(C)(C)C)C3=O)C2=O)cc1)CCCCl. The van der Waals surface area contributed by atoms with Crippen molar-refractivity contribution in [3.8, 4) is 17.6 Å². The lowest BCUT2D eigenvalue weighted by Gasteiger charge is -2.34. The third kappa shape index (κ3) is 7.39. The maximum Gasteiger partial charge on any atom is 0.424 e. The number of carbonyl (C=O) groups excluding carboxylic acids is 4. The molecule has 206 valence electrons. The normalized spacial score (nSPS) is 19.7. The first-order chi connectivity index (χ1) is 17.8. The fraction of sp³-hybridized carbons (Fsp3) is 0.556. The second kappa shape index (κ2) is 12.0. The van der Waals surface area contributed by atoms with E-state index in [1.807, 2.05) is 0 Å². The first-order valence-corrected chi connectivity index (χ1v) is 13.1. The summed E-state index contributed by atoms with van der Waals surface area (Å²) in [5, 5.41) is 10.2. The molecule has 0 saturated carbocycles. The van der Waals surface area contributed by atoms with Gasteiger partial charge in [-0.1, -0.05) is 11.8 Å². The number of ether oxygens (including phenoxy) is 2. The van der Waals surface area contributed by atoms with E-state index < -0.39 is 35.2 Å². The minimum Gasteiger partial charge on any atom is -0.481 e. The van der Waals surface area contributed by atoms with E-state index in [0.717, 1.165) is 0 Å². The van der Waals surface area contributed by atoms with E-state index in [4.69, 9.17) is 21.1 Å². The molecule has 2 aliphatic heterocycles. The van der Waals surface area contributed by atoms with Crippen LogP contribution in [-0.4, -0.2) is 81.7 Å². The van der Waals surface area contributed by atoms with E-state index in [1.54, 1.807) is 52.0 Å². The van der Waals surface area contributed by atoms with Crippen molar-refractivity contribution in [2.45, 2.75) is 70.6 Å². The van der Waals surface area contributed by atoms with Crippen LogP contribution in [0.4, 0.5) is 15.3 Å². The molecule has 2 saturated heterocycles. The lowest BCUT2D eigenvalue weighted by atomic mass is 10.0. The van der Waals surface area contributed by atoms with Crippen molar-refractivity contribution in [2.24, 2.45) is 0 Å². The summed E-state index contributed by atoms with van der Waals surface area (Å²) in [5.41, 5.74) is -1.39. The third-order valence-electron chi connectivity index (χ3n) is 5.99. The molecule has 2 heterocycles. The lowest BCUT2D eigenvalue weighted by molar-refractivity contribution is -0.150. The number of alkyl halides is 1. The molecular weight excluding hydrogens is 514 g/mol. The quantitative estimate of drug-likeness (QED) is 0.315. The van der Waals surface area contributed by atoms with E-state index in [0.29, 0.717) is 41.6 Å². The van der Waals surface area contributed by atoms with Crippen molar-refractivity contribution in [1.82, 2.24) is 9.80 Å². The van der Waals surface area contributed by atoms with Gasteiger partial charge in [-0.05, 0) is 71.2 Å². The molecule has 10 nitrogen and oxygen atoms in total. The zero-order chi connectivity index (χ0) is 28.1. The lowest BCUT2D eigenvalue weighted by Crippen LogP contribution is -2.57. The van der Waals surface area contributed by atoms with Crippen LogP contribution in [0.3, 0.4) is 0 Å². The molecule has 2 atom stereocenters. The summed E-state index contributed by atoms with van der Waals surface area (Å²) in [5.74, 6) is 5.19. The number of urea groups is 1. The van der Waals surface area contributed by atoms with Crippen LogP contribution in [0.2, 0.25) is 0 Å². The summed E-state index contributed by atoms with van der Waals surface area (Å²) in [6.45, 7) is 7.25. The predicted molar refractivity (Wildman–Crippen MR) is 141 cm³/mol. The molecule has 5 amide bonds. The van der Waals surface area contributed by atoms with Gasteiger partial charge < -0.3 is 19.5 Å². The Morgan fingerprint density at radius 3 is 2.45 bits per heavy atom. The zero-order valence-corrected chi connectivity index (χ0v) is 22.9. The molecular formula is C27H34ClN3O7. The number of imide groups is 3. The average molecular weight is 548 g/mol. The van der Waals surface area contributed by atoms with Gasteiger partial charge in [0.1, 0.15) is 29.6 Å². The Balaban J connectivity index is 1.61. The summed E-state index contributed by atoms with van der Waals surface area (Å²) in [7, 11) is 0. The highest BCUT2D eigenvalue weighted by Crippen LogP contribution is 2.28. The van der Waals surface area contributed by atoms with E-state index in [1.165, 1.54) is 9.80 Å². The molecule has 0 bridgehead atoms. The van der Waals surface area contributed by atoms with Gasteiger partial charge in [0.25, 0.3) is 5.91 Å². The predicted octanol–water partition coefficient (Wildman–Crippen LogP) is 3.53. The largest absolute Gasteiger partial charge is 0.481 e. The second-order valence-corrected chi connectivity index (χ2v) is 10.8. The van der Waals surface area contributed by atoms with Crippen molar-refractivity contribution in [2.75, 3.05) is 30.5 Å². The molecule has 3 rings (SSSR count). The summed E-state index contributed by atoms with van der Waals surface area (Å²) < 4.78 is 10.8. The van der Waals surface area contributed by atoms with Crippen molar-refractivity contribution < 1.29 is 33.8 Å². The van der Waals surface area contributed by atoms with Crippen molar-refractivity contribution in [1.29, 1.82) is 0 Å². The van der Waals surface area contributed by atoms with Gasteiger partial charge in [-0.3, -0.25) is 14.5 Å². The minimum absolute atomic E-state index is 0.0451. The van der Waals surface area contributed by atoms with Crippen LogP contribution in [0.15, 0.2) is 24.3 Å². The smallest absolute Gasteiger partial charge is 0.424 e. The van der Waals surface area contributed by atoms with E-state index in [-0.39, 0.29) is 32.0 Å². The highest BCUT2D eigenvalue weighted by molar-refractivity contribution is 6.17. The molecule has 11 heteroatoms. The maximum atomic E-state index is 13.2. The van der Waals surface area contributed by atoms with Crippen LogP contribution in [0.1, 0.15) is 53.4 Å². The van der Waals surface area contributed by atoms with Gasteiger partial charge >= 0.3 is 12.1 Å². The second-order valence-electron chi connectivity index (χ2n) is 10.4. The van der Waals surface area contributed by atoms with Gasteiger partial charge in [0.05, 0.1) is 0 Å². The minimum atomic E-state index is -1.12. The van der Waals surface area contributed by atoms with Crippen LogP contribution < -0.4 is 9.64 Å². The molecule has 0 radical (unpaired) electrons. The first-order valence-electron chi connectivity index (χ1n) is 12.5. The summed E-state index contributed by atoms with van der Waals surface area (Å²) >= 11 is 5.66. The average Bonchev–Trinajstić information content (AvgIpc) is 3.21. The Hall–Kier alpha value is -3.29. The standard InChI is InChI=1S/C27H34ClN3O7/c1-26(2,3)38-25(35)31-22(32)12-11-21(23(31)33)30-17-16-29(24(30)34)19-7-9-20(10-8-19)37-18-6-14-27(4,36)13-5-15-28/h7-10,21,36H,5,11-13,15-18H2,1-4H3. The van der Waals surface area contributed by atoms with E-state index in [9.17, 15) is 24.3 Å². The fourth-order valence-electron chi connectivity index (χ4n) is 4.18. The molecule has 0 spiro atoms. The fourth-order valence-corrected chi connectivity index (χ4v) is 4.31. The van der Waals surface area contributed by atoms with Crippen molar-refractivity contribution >= 4 is 41.2 Å². The Morgan fingerprint density at radius 2 is 1.82 bits per heavy atom. The zero-order valence-electron chi connectivity index (χ0n) is 22.2. The Kier molecular flexibility index (Phi) is 9.28. The van der Waals surface area contributed by atoms with Crippen LogP contribution >= 0.6 is 11.6 Å². The summed E-state index contributed by atoms with van der Waals surface area (Å²) in [6.07, 6.45) is 0.202. The van der Waals surface area contributed by atoms with Gasteiger partial charge in [-0.25, -0.2) is 9.59 Å². The number of amides is 5. The summed E-state index contributed by atoms with van der Waals surface area (Å²) in [4.78, 5) is 54.5. The molecule has 38 heavy (non-hydrogen) atoms. The number of anilines is 1. The molecule has 1 aromatic rings. The molecule has 0 aromatic heterocycles. The number of carbonyl (C=O) groups is 4. The number of hydrogen-bond acceptors (Lipinski definition) is 7. The van der Waals surface area contributed by atoms with Gasteiger partial charge in [-0.2, -0.15) is 4.90 Å². The van der Waals surface area contributed by atoms with Gasteiger partial charge in [-0.15, -0.1) is 11.6 Å². The number of nitrogens with zero attached hydrogens (tertiary/aromatic N) is 3. The molecule has 0 aliphatic carbocycles. The monoisotopic (exact) mass is 547 g/mol. The highest BCUT2D eigenvalue weighted by atomic mass is 35.5. The third-order valence-corrected chi connectivity index (χ3v) is 6.26. The van der Waals surface area contributed by atoms with Crippen molar-refractivity contribution in [3.63, 3.8) is 0 Å². The van der Waals surface area contributed by atoms with Crippen LogP contribution in [0.5, 0.6) is 5.75 Å². The van der Waals surface area contributed by atoms with Gasteiger partial charge in [0, 0.05) is 31.1 Å². The maximum absolute atomic E-state index is 13.2. The molecule has 2 unspecified atom stereocenters. The van der Waals surface area contributed by atoms with E-state index in [2.05, 4.69) is 11.8 Å². The van der Waals surface area contributed by atoms with Crippen LogP contribution in [-0.2, 0) is 14.3 Å². The Bertz CT molecular complexity index is 1120. The number of rotatable bonds is 7. The van der Waals surface area contributed by atoms with Crippen LogP contribution in [0.25, 0.3) is 0 Å². The van der Waals surface area contributed by atoms with Crippen molar-refractivity contribution in [3.05, 3.63) is 24.3 Å². The summed E-state index contributed by atoms with van der Waals surface area (Å²) in [6, 6.07) is 5.53. The molecule has 2 fully saturated rings. The van der Waals surface area contributed by atoms with Gasteiger partial charge in [0.15, 0.2) is 0 Å². The number of piperidine rings is 1. The number of hydrogen-bond donors (Lipinski definition) is 1. The Morgan fingerprint density at radius 1 is 1.13 bits per heavy atom. The first kappa shape index (κ1) is 29.3. The molecule has 2 aliphatic rings. The highest BCUT2D eigenvalue weighted by Gasteiger charge is 2.46. The number of halogens is 1. The molecule has 1 aromatic carbocycles. The number of benzene rings is 1. The topological polar surface area (TPSA) is 117 Å². The van der Waals surface area contributed by atoms with E-state index >= 15 is 0 Å². The number of aliphatic hydroxyl groups is 1. The number of likely N-dealkylation sites (tertiary alicyclic amines) is 1. The van der Waals surface area contributed by atoms with Gasteiger partial charge in [0.2, 0.25) is 5.91 Å². The Labute approximate surface area is 227 Å². The molecule has 1 N–H and O–H groups in total. The van der Waals surface area contributed by atoms with Crippen LogP contribution in [0, 0.1) is 11.8 Å².